The van der Waals surface area contributed by atoms with Crippen LogP contribution in [0.5, 0.6) is 0 Å². The van der Waals surface area contributed by atoms with Gasteiger partial charge in [0.15, 0.2) is 5.69 Å². The average molecular weight is 396 g/mol. The van der Waals surface area contributed by atoms with E-state index in [9.17, 15) is 13.6 Å². The van der Waals surface area contributed by atoms with Crippen molar-refractivity contribution in [2.75, 3.05) is 18.0 Å². The summed E-state index contributed by atoms with van der Waals surface area (Å²) >= 11 is 0. The third kappa shape index (κ3) is 3.49. The Bertz CT molecular complexity index is 1250. The summed E-state index contributed by atoms with van der Waals surface area (Å²) in [4.78, 5) is 14.7. The Kier molecular flexibility index (Phi) is 4.84. The van der Waals surface area contributed by atoms with E-state index in [1.807, 2.05) is 18.2 Å². The highest BCUT2D eigenvalue weighted by Crippen LogP contribution is 2.24. The van der Waals surface area contributed by atoms with Gasteiger partial charge in [0.2, 0.25) is 0 Å². The molecule has 0 aliphatic rings. The van der Waals surface area contributed by atoms with Gasteiger partial charge < -0.3 is 9.32 Å². The zero-order valence-corrected chi connectivity index (χ0v) is 15.9. The number of hydrogen-bond acceptors (Lipinski definition) is 5. The molecule has 0 amide bonds. The highest BCUT2D eigenvalue weighted by Gasteiger charge is 2.14. The molecule has 148 valence electrons. The molecule has 29 heavy (non-hydrogen) atoms. The average Bonchev–Trinajstić information content (AvgIpc) is 3.18. The third-order valence-corrected chi connectivity index (χ3v) is 4.78. The van der Waals surface area contributed by atoms with E-state index in [0.717, 1.165) is 36.3 Å². The summed E-state index contributed by atoms with van der Waals surface area (Å²) < 4.78 is 33.8. The molecule has 4 aromatic rings. The summed E-state index contributed by atoms with van der Waals surface area (Å²) in [5.41, 5.74) is 1.26. The molecule has 8 heteroatoms. The SMILES string of the molecule is CCN(CC)c1ccc2cc(-n3cc(-c4ccc(F)cc4F)nn3)c(=O)oc2c1. The van der Waals surface area contributed by atoms with Gasteiger partial charge in [-0.05, 0) is 44.2 Å². The van der Waals surface area contributed by atoms with Gasteiger partial charge in [0.05, 0.1) is 6.20 Å². The summed E-state index contributed by atoms with van der Waals surface area (Å²) in [7, 11) is 0. The number of hydrogen-bond donors (Lipinski definition) is 0. The Morgan fingerprint density at radius 2 is 1.86 bits per heavy atom. The Balaban J connectivity index is 1.75. The molecule has 4 rings (SSSR count). The predicted octanol–water partition coefficient (Wildman–Crippen LogP) is 4.17. The molecular formula is C21H18F2N4O2. The second kappa shape index (κ2) is 7.46. The van der Waals surface area contributed by atoms with E-state index >= 15 is 0 Å². The summed E-state index contributed by atoms with van der Waals surface area (Å²) in [6.45, 7) is 5.79. The molecule has 0 saturated heterocycles. The maximum atomic E-state index is 14.0. The van der Waals surface area contributed by atoms with Crippen LogP contribution in [0.4, 0.5) is 14.5 Å². The second-order valence-corrected chi connectivity index (χ2v) is 6.49. The van der Waals surface area contributed by atoms with Crippen molar-refractivity contribution in [2.24, 2.45) is 0 Å². The molecule has 0 saturated carbocycles. The lowest BCUT2D eigenvalue weighted by Gasteiger charge is -2.20. The molecule has 6 nitrogen and oxygen atoms in total. The van der Waals surface area contributed by atoms with Crippen LogP contribution >= 0.6 is 0 Å². The third-order valence-electron chi connectivity index (χ3n) is 4.78. The molecule has 0 N–H and O–H groups in total. The highest BCUT2D eigenvalue weighted by molar-refractivity contribution is 5.82. The van der Waals surface area contributed by atoms with E-state index in [2.05, 4.69) is 29.1 Å². The first-order chi connectivity index (χ1) is 14.0. The topological polar surface area (TPSA) is 64.2 Å². The van der Waals surface area contributed by atoms with E-state index in [0.29, 0.717) is 5.58 Å². The lowest BCUT2D eigenvalue weighted by molar-refractivity contribution is 0.550. The zero-order valence-electron chi connectivity index (χ0n) is 15.9. The van der Waals surface area contributed by atoms with Crippen LogP contribution in [0.3, 0.4) is 0 Å². The van der Waals surface area contributed by atoms with Gasteiger partial charge in [-0.25, -0.2) is 18.3 Å². The fourth-order valence-electron chi connectivity index (χ4n) is 3.24. The van der Waals surface area contributed by atoms with Crippen molar-refractivity contribution in [1.29, 1.82) is 0 Å². The maximum absolute atomic E-state index is 14.0. The van der Waals surface area contributed by atoms with Crippen LogP contribution in [0, 0.1) is 11.6 Å². The number of anilines is 1. The fraction of sp³-hybridized carbons (Fsp3) is 0.190. The lowest BCUT2D eigenvalue weighted by Crippen LogP contribution is -2.21. The molecule has 0 aliphatic carbocycles. The van der Waals surface area contributed by atoms with Crippen LogP contribution in [0.25, 0.3) is 27.9 Å². The normalized spacial score (nSPS) is 11.2. The van der Waals surface area contributed by atoms with E-state index < -0.39 is 17.3 Å². The summed E-state index contributed by atoms with van der Waals surface area (Å²) in [6.07, 6.45) is 1.40. The Morgan fingerprint density at radius 3 is 2.59 bits per heavy atom. The molecule has 2 aromatic heterocycles. The molecule has 2 heterocycles. The first-order valence-corrected chi connectivity index (χ1v) is 9.21. The molecule has 0 radical (unpaired) electrons. The van der Waals surface area contributed by atoms with Gasteiger partial charge >= 0.3 is 5.63 Å². The molecule has 0 aliphatic heterocycles. The summed E-state index contributed by atoms with van der Waals surface area (Å²) in [5, 5.41) is 8.52. The Hall–Kier alpha value is -3.55. The van der Waals surface area contributed by atoms with Crippen LogP contribution in [-0.4, -0.2) is 28.1 Å². The summed E-state index contributed by atoms with van der Waals surface area (Å²) in [5.74, 6) is -1.44. The molecule has 0 unspecified atom stereocenters. The van der Waals surface area contributed by atoms with Crippen molar-refractivity contribution in [2.45, 2.75) is 13.8 Å². The molecule has 0 bridgehead atoms. The Morgan fingerprint density at radius 1 is 1.07 bits per heavy atom. The maximum Gasteiger partial charge on any atom is 0.362 e. The first kappa shape index (κ1) is 18.8. The van der Waals surface area contributed by atoms with Crippen LogP contribution in [0.15, 0.2) is 57.9 Å². The van der Waals surface area contributed by atoms with Crippen molar-refractivity contribution in [3.05, 3.63) is 70.7 Å². The molecule has 0 atom stereocenters. The zero-order chi connectivity index (χ0) is 20.5. The predicted molar refractivity (Wildman–Crippen MR) is 106 cm³/mol. The number of rotatable bonds is 5. The van der Waals surface area contributed by atoms with E-state index in [1.165, 1.54) is 16.9 Å². The fourth-order valence-corrected chi connectivity index (χ4v) is 3.24. The minimum absolute atomic E-state index is 0.0895. The van der Waals surface area contributed by atoms with Gasteiger partial charge in [-0.2, -0.15) is 0 Å². The van der Waals surface area contributed by atoms with E-state index in [4.69, 9.17) is 4.42 Å². The van der Waals surface area contributed by atoms with Crippen LogP contribution in [0.2, 0.25) is 0 Å². The van der Waals surface area contributed by atoms with Crippen LogP contribution in [0.1, 0.15) is 13.8 Å². The van der Waals surface area contributed by atoms with Gasteiger partial charge in [0.25, 0.3) is 0 Å². The van der Waals surface area contributed by atoms with Crippen LogP contribution in [-0.2, 0) is 0 Å². The van der Waals surface area contributed by atoms with Crippen LogP contribution < -0.4 is 10.5 Å². The largest absolute Gasteiger partial charge is 0.421 e. The highest BCUT2D eigenvalue weighted by atomic mass is 19.1. The molecule has 0 fully saturated rings. The van der Waals surface area contributed by atoms with Crippen molar-refractivity contribution in [3.8, 4) is 16.9 Å². The van der Waals surface area contributed by atoms with Gasteiger partial charge in [-0.3, -0.25) is 0 Å². The summed E-state index contributed by atoms with van der Waals surface area (Å²) in [6, 6.07) is 10.5. The monoisotopic (exact) mass is 396 g/mol. The van der Waals surface area contributed by atoms with Gasteiger partial charge in [0, 0.05) is 41.9 Å². The molecule has 0 spiro atoms. The van der Waals surface area contributed by atoms with Gasteiger partial charge in [-0.1, -0.05) is 5.21 Å². The molecular weight excluding hydrogens is 378 g/mol. The number of aromatic nitrogens is 3. The molecule has 2 aromatic carbocycles. The number of nitrogens with zero attached hydrogens (tertiary/aromatic N) is 4. The Labute approximate surface area is 165 Å². The van der Waals surface area contributed by atoms with Gasteiger partial charge in [-0.15, -0.1) is 5.10 Å². The van der Waals surface area contributed by atoms with Crippen molar-refractivity contribution in [1.82, 2.24) is 15.0 Å². The number of fused-ring (bicyclic) bond motifs is 1. The van der Waals surface area contributed by atoms with E-state index in [1.54, 1.807) is 6.07 Å². The smallest absolute Gasteiger partial charge is 0.362 e. The number of benzene rings is 2. The van der Waals surface area contributed by atoms with Crippen molar-refractivity contribution < 1.29 is 13.2 Å². The first-order valence-electron chi connectivity index (χ1n) is 9.21. The van der Waals surface area contributed by atoms with Gasteiger partial charge in [0.1, 0.15) is 22.9 Å². The standard InChI is InChI=1S/C21H18F2N4O2/c1-3-26(4-2)15-7-5-13-9-19(21(28)29-20(13)11-15)27-12-18(24-25-27)16-8-6-14(22)10-17(16)23/h5-12H,3-4H2,1-2H3. The minimum Gasteiger partial charge on any atom is -0.421 e. The minimum atomic E-state index is -0.758. The second-order valence-electron chi connectivity index (χ2n) is 6.49. The van der Waals surface area contributed by atoms with E-state index in [-0.39, 0.29) is 16.9 Å². The quantitative estimate of drug-likeness (QED) is 0.474. The van der Waals surface area contributed by atoms with Crippen molar-refractivity contribution >= 4 is 16.7 Å². The lowest BCUT2D eigenvalue weighted by atomic mass is 10.1. The van der Waals surface area contributed by atoms with Crippen molar-refractivity contribution in [3.63, 3.8) is 0 Å². The number of halogens is 2.